The highest BCUT2D eigenvalue weighted by atomic mass is 35.5. The quantitative estimate of drug-likeness (QED) is 0.658. The Morgan fingerprint density at radius 3 is 2.60 bits per heavy atom. The summed E-state index contributed by atoms with van der Waals surface area (Å²) >= 11 is 6.09. The second-order valence-corrected chi connectivity index (χ2v) is 5.55. The van der Waals surface area contributed by atoms with Gasteiger partial charge in [0.1, 0.15) is 5.75 Å². The number of carbonyl (C=O) groups is 2. The van der Waals surface area contributed by atoms with E-state index in [4.69, 9.17) is 26.8 Å². The maximum absolute atomic E-state index is 12.0. The number of hydrogen-bond acceptors (Lipinski definition) is 5. The van der Waals surface area contributed by atoms with Crippen molar-refractivity contribution in [3.8, 4) is 5.75 Å². The number of carbonyl (C=O) groups excluding carboxylic acids is 2. The molecule has 0 saturated heterocycles. The van der Waals surface area contributed by atoms with Crippen LogP contribution in [0.25, 0.3) is 6.08 Å². The normalized spacial score (nSPS) is 15.0. The van der Waals surface area contributed by atoms with Gasteiger partial charge in [-0.05, 0) is 35.9 Å². The number of halogens is 1. The SMILES string of the molecule is NC(=O)COc1ccc(/C=C2\N=C(c3ccccc3Cl)OC2=O)cc1. The maximum atomic E-state index is 12.0. The van der Waals surface area contributed by atoms with Crippen molar-refractivity contribution in [2.24, 2.45) is 10.7 Å². The first kappa shape index (κ1) is 16.7. The standard InChI is InChI=1S/C18H13ClN2O4/c19-14-4-2-1-3-13(14)17-21-15(18(23)25-17)9-11-5-7-12(8-6-11)24-10-16(20)22/h1-9H,10H2,(H2,20,22)/b15-9-. The van der Waals surface area contributed by atoms with Gasteiger partial charge in [0, 0.05) is 0 Å². The summed E-state index contributed by atoms with van der Waals surface area (Å²) in [4.78, 5) is 26.9. The number of cyclic esters (lactones) is 1. The molecule has 0 aromatic heterocycles. The molecule has 7 heteroatoms. The molecule has 0 spiro atoms. The monoisotopic (exact) mass is 356 g/mol. The van der Waals surface area contributed by atoms with Crippen molar-refractivity contribution >= 4 is 35.5 Å². The van der Waals surface area contributed by atoms with Gasteiger partial charge in [0.15, 0.2) is 12.3 Å². The number of nitrogens with two attached hydrogens (primary N) is 1. The third-order valence-electron chi connectivity index (χ3n) is 3.29. The zero-order valence-corrected chi connectivity index (χ0v) is 13.7. The van der Waals surface area contributed by atoms with Crippen LogP contribution in [0.5, 0.6) is 5.75 Å². The number of ether oxygens (including phenoxy) is 2. The predicted molar refractivity (Wildman–Crippen MR) is 93.2 cm³/mol. The third kappa shape index (κ3) is 4.05. The number of aliphatic imine (C=N–C) groups is 1. The Balaban J connectivity index is 1.80. The molecule has 0 atom stereocenters. The Bertz CT molecular complexity index is 888. The van der Waals surface area contributed by atoms with E-state index in [1.807, 2.05) is 0 Å². The molecule has 2 aromatic carbocycles. The van der Waals surface area contributed by atoms with Gasteiger partial charge in [-0.1, -0.05) is 35.9 Å². The van der Waals surface area contributed by atoms with E-state index in [-0.39, 0.29) is 18.2 Å². The first-order chi connectivity index (χ1) is 12.0. The molecule has 126 valence electrons. The van der Waals surface area contributed by atoms with Crippen molar-refractivity contribution in [2.45, 2.75) is 0 Å². The van der Waals surface area contributed by atoms with Gasteiger partial charge in [-0.3, -0.25) is 4.79 Å². The summed E-state index contributed by atoms with van der Waals surface area (Å²) in [6.07, 6.45) is 1.59. The number of hydrogen-bond donors (Lipinski definition) is 1. The molecule has 2 aromatic rings. The van der Waals surface area contributed by atoms with Gasteiger partial charge in [0.05, 0.1) is 10.6 Å². The van der Waals surface area contributed by atoms with Gasteiger partial charge in [-0.25, -0.2) is 9.79 Å². The van der Waals surface area contributed by atoms with Gasteiger partial charge in [-0.15, -0.1) is 0 Å². The zero-order chi connectivity index (χ0) is 17.8. The average molecular weight is 357 g/mol. The van der Waals surface area contributed by atoms with Gasteiger partial charge >= 0.3 is 5.97 Å². The molecule has 1 heterocycles. The molecule has 0 fully saturated rings. The summed E-state index contributed by atoms with van der Waals surface area (Å²) in [6, 6.07) is 13.7. The lowest BCUT2D eigenvalue weighted by Gasteiger charge is -2.03. The minimum atomic E-state index is -0.554. The van der Waals surface area contributed by atoms with E-state index >= 15 is 0 Å². The minimum absolute atomic E-state index is 0.167. The average Bonchev–Trinajstić information content (AvgIpc) is 2.95. The number of amides is 1. The molecule has 3 rings (SSSR count). The Hall–Kier alpha value is -3.12. The van der Waals surface area contributed by atoms with Crippen LogP contribution in [0.3, 0.4) is 0 Å². The summed E-state index contributed by atoms with van der Waals surface area (Å²) in [7, 11) is 0. The molecule has 0 aliphatic carbocycles. The number of esters is 1. The molecule has 0 saturated carbocycles. The first-order valence-electron chi connectivity index (χ1n) is 7.31. The van der Waals surface area contributed by atoms with Crippen molar-refractivity contribution in [1.29, 1.82) is 0 Å². The van der Waals surface area contributed by atoms with Crippen LogP contribution in [-0.2, 0) is 14.3 Å². The maximum Gasteiger partial charge on any atom is 0.363 e. The van der Waals surface area contributed by atoms with Crippen LogP contribution >= 0.6 is 11.6 Å². The van der Waals surface area contributed by atoms with E-state index in [1.165, 1.54) is 0 Å². The van der Waals surface area contributed by atoms with Crippen molar-refractivity contribution in [1.82, 2.24) is 0 Å². The lowest BCUT2D eigenvalue weighted by molar-refractivity contribution is -0.130. The summed E-state index contributed by atoms with van der Waals surface area (Å²) < 4.78 is 10.4. The highest BCUT2D eigenvalue weighted by molar-refractivity contribution is 6.34. The molecule has 2 N–H and O–H groups in total. The van der Waals surface area contributed by atoms with Crippen LogP contribution in [0.4, 0.5) is 0 Å². The molecule has 1 aliphatic rings. The van der Waals surface area contributed by atoms with Crippen LogP contribution in [-0.4, -0.2) is 24.4 Å². The summed E-state index contributed by atoms with van der Waals surface area (Å²) in [5.74, 6) is -0.441. The van der Waals surface area contributed by atoms with Crippen molar-refractivity contribution in [2.75, 3.05) is 6.61 Å². The topological polar surface area (TPSA) is 91.0 Å². The Morgan fingerprint density at radius 2 is 1.92 bits per heavy atom. The molecular formula is C18H13ClN2O4. The number of primary amides is 1. The fourth-order valence-electron chi connectivity index (χ4n) is 2.13. The van der Waals surface area contributed by atoms with E-state index in [0.29, 0.717) is 16.3 Å². The second-order valence-electron chi connectivity index (χ2n) is 5.14. The van der Waals surface area contributed by atoms with Crippen molar-refractivity contribution in [3.63, 3.8) is 0 Å². The van der Waals surface area contributed by atoms with Crippen LogP contribution in [0.1, 0.15) is 11.1 Å². The van der Waals surface area contributed by atoms with E-state index in [2.05, 4.69) is 4.99 Å². The summed E-state index contributed by atoms with van der Waals surface area (Å²) in [5.41, 5.74) is 6.46. The number of benzene rings is 2. The fourth-order valence-corrected chi connectivity index (χ4v) is 2.35. The van der Waals surface area contributed by atoms with E-state index in [1.54, 1.807) is 54.6 Å². The first-order valence-corrected chi connectivity index (χ1v) is 7.69. The van der Waals surface area contributed by atoms with E-state index < -0.39 is 11.9 Å². The predicted octanol–water partition coefficient (Wildman–Crippen LogP) is 2.55. The zero-order valence-electron chi connectivity index (χ0n) is 12.9. The largest absolute Gasteiger partial charge is 0.484 e. The van der Waals surface area contributed by atoms with Gasteiger partial charge in [-0.2, -0.15) is 0 Å². The molecule has 6 nitrogen and oxygen atoms in total. The van der Waals surface area contributed by atoms with Gasteiger partial charge < -0.3 is 15.2 Å². The summed E-state index contributed by atoms with van der Waals surface area (Å²) in [5, 5.41) is 0.450. The lowest BCUT2D eigenvalue weighted by Crippen LogP contribution is -2.19. The highest BCUT2D eigenvalue weighted by Gasteiger charge is 2.25. The van der Waals surface area contributed by atoms with Gasteiger partial charge in [0.25, 0.3) is 5.91 Å². The van der Waals surface area contributed by atoms with Crippen molar-refractivity contribution in [3.05, 3.63) is 70.4 Å². The minimum Gasteiger partial charge on any atom is -0.484 e. The van der Waals surface area contributed by atoms with Crippen LogP contribution in [0.2, 0.25) is 5.02 Å². The van der Waals surface area contributed by atoms with Crippen LogP contribution in [0, 0.1) is 0 Å². The van der Waals surface area contributed by atoms with E-state index in [9.17, 15) is 9.59 Å². The molecule has 1 aliphatic heterocycles. The molecule has 25 heavy (non-hydrogen) atoms. The Morgan fingerprint density at radius 1 is 1.20 bits per heavy atom. The fraction of sp³-hybridized carbons (Fsp3) is 0.0556. The van der Waals surface area contributed by atoms with Gasteiger partial charge in [0.2, 0.25) is 5.90 Å². The number of rotatable bonds is 5. The van der Waals surface area contributed by atoms with Crippen LogP contribution < -0.4 is 10.5 Å². The smallest absolute Gasteiger partial charge is 0.363 e. The van der Waals surface area contributed by atoms with Crippen LogP contribution in [0.15, 0.2) is 59.2 Å². The Labute approximate surface area is 148 Å². The van der Waals surface area contributed by atoms with E-state index in [0.717, 1.165) is 5.56 Å². The molecule has 0 unspecified atom stereocenters. The highest BCUT2D eigenvalue weighted by Crippen LogP contribution is 2.24. The molecule has 0 bridgehead atoms. The number of nitrogens with zero attached hydrogens (tertiary/aromatic N) is 1. The Kier molecular flexibility index (Phi) is 4.81. The molecule has 0 radical (unpaired) electrons. The third-order valence-corrected chi connectivity index (χ3v) is 3.62. The molecule has 1 amide bonds. The summed E-state index contributed by atoms with van der Waals surface area (Å²) in [6.45, 7) is -0.196. The lowest BCUT2D eigenvalue weighted by atomic mass is 10.2. The molecular weight excluding hydrogens is 344 g/mol. The van der Waals surface area contributed by atoms with Crippen molar-refractivity contribution < 1.29 is 19.1 Å². The second kappa shape index (κ2) is 7.19.